The Balaban J connectivity index is 1.88. The molecule has 0 amide bonds. The van der Waals surface area contributed by atoms with Gasteiger partial charge in [-0.05, 0) is 34.7 Å². The maximum absolute atomic E-state index is 13.4. The fraction of sp³-hybridized carbons (Fsp3) is 0.190. The van der Waals surface area contributed by atoms with E-state index in [0.717, 1.165) is 0 Å². The molecule has 0 bridgehead atoms. The minimum Gasteiger partial charge on any atom is -0.493 e. The van der Waals surface area contributed by atoms with Gasteiger partial charge in [0, 0.05) is 28.1 Å². The third kappa shape index (κ3) is 3.88. The molecule has 2 heterocycles. The number of hydrogen-bond acceptors (Lipinski definition) is 9. The number of rotatable bonds is 8. The van der Waals surface area contributed by atoms with E-state index in [9.17, 15) is 4.79 Å². The fourth-order valence-electron chi connectivity index (χ4n) is 3.24. The third-order valence-electron chi connectivity index (χ3n) is 4.66. The Hall–Kier alpha value is -4.05. The highest BCUT2D eigenvalue weighted by molar-refractivity contribution is 6.17. The lowest BCUT2D eigenvalue weighted by Gasteiger charge is -2.13. The van der Waals surface area contributed by atoms with Gasteiger partial charge in [-0.3, -0.25) is 9.78 Å². The van der Waals surface area contributed by atoms with Crippen LogP contribution in [0.25, 0.3) is 22.2 Å². The van der Waals surface area contributed by atoms with Crippen LogP contribution < -0.4 is 14.2 Å². The van der Waals surface area contributed by atoms with Crippen molar-refractivity contribution in [1.82, 2.24) is 25.6 Å². The SMILES string of the molecule is COc1cc2c(-c3nnn[nH]3)cnc(C(=O)c3cccc(OCCO)c3)c2cc1OC. The second kappa shape index (κ2) is 8.76. The molecule has 0 aliphatic carbocycles. The molecule has 0 spiro atoms. The Bertz CT molecular complexity index is 1230. The Morgan fingerprint density at radius 1 is 1.10 bits per heavy atom. The van der Waals surface area contributed by atoms with Crippen LogP contribution in [0.15, 0.2) is 42.6 Å². The molecular weight excluding hydrogens is 402 g/mol. The van der Waals surface area contributed by atoms with Gasteiger partial charge in [0.2, 0.25) is 5.78 Å². The van der Waals surface area contributed by atoms with E-state index in [0.29, 0.717) is 45.0 Å². The number of aromatic nitrogens is 5. The second-order valence-electron chi connectivity index (χ2n) is 6.45. The van der Waals surface area contributed by atoms with Crippen LogP contribution in [-0.2, 0) is 0 Å². The first-order valence-electron chi connectivity index (χ1n) is 9.33. The van der Waals surface area contributed by atoms with E-state index < -0.39 is 0 Å². The lowest BCUT2D eigenvalue weighted by Crippen LogP contribution is -2.07. The fourth-order valence-corrected chi connectivity index (χ4v) is 3.24. The monoisotopic (exact) mass is 421 g/mol. The Morgan fingerprint density at radius 2 is 1.87 bits per heavy atom. The Labute approximate surface area is 176 Å². The summed E-state index contributed by atoms with van der Waals surface area (Å²) in [5, 5.41) is 24.1. The number of tetrazole rings is 1. The van der Waals surface area contributed by atoms with Crippen LogP contribution in [0.4, 0.5) is 0 Å². The van der Waals surface area contributed by atoms with Gasteiger partial charge in [0.1, 0.15) is 18.1 Å². The number of fused-ring (bicyclic) bond motifs is 1. The van der Waals surface area contributed by atoms with Crippen molar-refractivity contribution in [1.29, 1.82) is 0 Å². The van der Waals surface area contributed by atoms with Crippen LogP contribution in [0, 0.1) is 0 Å². The molecule has 0 aliphatic heterocycles. The van der Waals surface area contributed by atoms with Crippen LogP contribution >= 0.6 is 0 Å². The van der Waals surface area contributed by atoms with Gasteiger partial charge in [-0.25, -0.2) is 5.10 Å². The summed E-state index contributed by atoms with van der Waals surface area (Å²) < 4.78 is 16.3. The van der Waals surface area contributed by atoms with Crippen molar-refractivity contribution in [2.24, 2.45) is 0 Å². The summed E-state index contributed by atoms with van der Waals surface area (Å²) in [6.45, 7) is 0.0136. The van der Waals surface area contributed by atoms with Crippen LogP contribution in [0.2, 0.25) is 0 Å². The Morgan fingerprint density at radius 3 is 2.55 bits per heavy atom. The van der Waals surface area contributed by atoms with E-state index in [1.807, 2.05) is 0 Å². The van der Waals surface area contributed by atoms with E-state index >= 15 is 0 Å². The zero-order valence-electron chi connectivity index (χ0n) is 16.8. The molecule has 2 aromatic carbocycles. The summed E-state index contributed by atoms with van der Waals surface area (Å²) in [5.41, 5.74) is 1.23. The van der Waals surface area contributed by atoms with Crippen molar-refractivity contribution < 1.29 is 24.1 Å². The van der Waals surface area contributed by atoms with Crippen molar-refractivity contribution in [3.8, 4) is 28.6 Å². The molecule has 0 saturated carbocycles. The molecule has 31 heavy (non-hydrogen) atoms. The normalized spacial score (nSPS) is 10.8. The molecule has 2 N–H and O–H groups in total. The number of ether oxygens (including phenoxy) is 3. The smallest absolute Gasteiger partial charge is 0.212 e. The molecule has 0 saturated heterocycles. The molecule has 0 fully saturated rings. The number of aromatic amines is 1. The largest absolute Gasteiger partial charge is 0.493 e. The van der Waals surface area contributed by atoms with Crippen LogP contribution in [0.1, 0.15) is 16.1 Å². The highest BCUT2D eigenvalue weighted by Gasteiger charge is 2.21. The molecule has 158 valence electrons. The number of nitrogens with zero attached hydrogens (tertiary/aromatic N) is 4. The topological polar surface area (TPSA) is 132 Å². The minimum absolute atomic E-state index is 0.121. The standard InChI is InChI=1S/C21H19N5O5/c1-29-17-9-14-15(10-18(17)30-2)19(22-11-16(14)21-23-25-26-24-21)20(28)12-4-3-5-13(8-12)31-7-6-27/h3-5,8-11,27H,6-7H2,1-2H3,(H,23,24,25,26). The van der Waals surface area contributed by atoms with Crippen molar-refractivity contribution in [2.75, 3.05) is 27.4 Å². The molecule has 4 aromatic rings. The van der Waals surface area contributed by atoms with Crippen molar-refractivity contribution in [3.63, 3.8) is 0 Å². The molecule has 0 radical (unpaired) electrons. The quantitative estimate of drug-likeness (QED) is 0.410. The maximum atomic E-state index is 13.4. The number of ketones is 1. The second-order valence-corrected chi connectivity index (χ2v) is 6.45. The molecular formula is C21H19N5O5. The number of carbonyl (C=O) groups is 1. The first-order chi connectivity index (χ1) is 15.2. The first kappa shape index (κ1) is 20.2. The van der Waals surface area contributed by atoms with E-state index in [1.54, 1.807) is 36.4 Å². The minimum atomic E-state index is -0.297. The summed E-state index contributed by atoms with van der Waals surface area (Å²) >= 11 is 0. The number of hydrogen-bond donors (Lipinski definition) is 2. The first-order valence-corrected chi connectivity index (χ1v) is 9.33. The predicted octanol–water partition coefficient (Wildman–Crippen LogP) is 2.03. The third-order valence-corrected chi connectivity index (χ3v) is 4.66. The van der Waals surface area contributed by atoms with Gasteiger partial charge in [0.15, 0.2) is 17.3 Å². The zero-order valence-corrected chi connectivity index (χ0v) is 16.8. The van der Waals surface area contributed by atoms with E-state index in [1.165, 1.54) is 20.4 Å². The average molecular weight is 421 g/mol. The van der Waals surface area contributed by atoms with Gasteiger partial charge >= 0.3 is 0 Å². The van der Waals surface area contributed by atoms with Gasteiger partial charge in [0.25, 0.3) is 0 Å². The molecule has 0 atom stereocenters. The van der Waals surface area contributed by atoms with Gasteiger partial charge in [-0.1, -0.05) is 12.1 Å². The highest BCUT2D eigenvalue weighted by atomic mass is 16.5. The van der Waals surface area contributed by atoms with Crippen LogP contribution in [0.5, 0.6) is 17.2 Å². The average Bonchev–Trinajstić information content (AvgIpc) is 3.35. The predicted molar refractivity (Wildman–Crippen MR) is 110 cm³/mol. The molecule has 0 unspecified atom stereocenters. The lowest BCUT2D eigenvalue weighted by atomic mass is 9.98. The van der Waals surface area contributed by atoms with Gasteiger partial charge in [-0.15, -0.1) is 5.10 Å². The number of benzene rings is 2. The van der Waals surface area contributed by atoms with E-state index in [4.69, 9.17) is 19.3 Å². The number of aliphatic hydroxyl groups is 1. The van der Waals surface area contributed by atoms with Crippen molar-refractivity contribution >= 4 is 16.6 Å². The zero-order chi connectivity index (χ0) is 21.8. The number of nitrogens with one attached hydrogen (secondary N) is 1. The van der Waals surface area contributed by atoms with Crippen molar-refractivity contribution in [2.45, 2.75) is 0 Å². The summed E-state index contributed by atoms with van der Waals surface area (Å²) in [4.78, 5) is 17.8. The number of pyridine rings is 1. The molecule has 10 nitrogen and oxygen atoms in total. The van der Waals surface area contributed by atoms with Crippen LogP contribution in [-0.4, -0.2) is 63.9 Å². The van der Waals surface area contributed by atoms with Crippen molar-refractivity contribution in [3.05, 3.63) is 53.9 Å². The molecule has 0 aliphatic rings. The molecule has 4 rings (SSSR count). The number of methoxy groups -OCH3 is 2. The maximum Gasteiger partial charge on any atom is 0.212 e. The summed E-state index contributed by atoms with van der Waals surface area (Å²) in [6, 6.07) is 10.2. The Kier molecular flexibility index (Phi) is 5.72. The number of carbonyl (C=O) groups excluding carboxylic acids is 1. The summed E-state index contributed by atoms with van der Waals surface area (Å²) in [6.07, 6.45) is 1.54. The summed E-state index contributed by atoms with van der Waals surface area (Å²) in [7, 11) is 3.05. The lowest BCUT2D eigenvalue weighted by molar-refractivity contribution is 0.103. The summed E-state index contributed by atoms with van der Waals surface area (Å²) in [5.74, 6) is 1.54. The number of H-pyrrole nitrogens is 1. The molecule has 10 heteroatoms. The van der Waals surface area contributed by atoms with Gasteiger partial charge < -0.3 is 19.3 Å². The van der Waals surface area contributed by atoms with Crippen LogP contribution in [0.3, 0.4) is 0 Å². The van der Waals surface area contributed by atoms with Gasteiger partial charge in [0.05, 0.1) is 20.8 Å². The van der Waals surface area contributed by atoms with E-state index in [2.05, 4.69) is 25.6 Å². The molecule has 2 aromatic heterocycles. The van der Waals surface area contributed by atoms with Gasteiger partial charge in [-0.2, -0.15) is 0 Å². The number of aliphatic hydroxyl groups excluding tert-OH is 1. The highest BCUT2D eigenvalue weighted by Crippen LogP contribution is 2.37. The van der Waals surface area contributed by atoms with E-state index in [-0.39, 0.29) is 24.7 Å².